The summed E-state index contributed by atoms with van der Waals surface area (Å²) in [5, 5.41) is 27.2. The molecule has 4 atom stereocenters. The Morgan fingerprint density at radius 3 is 1.91 bits per heavy atom. The van der Waals surface area contributed by atoms with Gasteiger partial charge in [-0.15, -0.1) is 0 Å². The van der Waals surface area contributed by atoms with Crippen molar-refractivity contribution in [3.8, 4) is 6.07 Å². The Balaban J connectivity index is 1.11. The third-order valence-corrected chi connectivity index (χ3v) is 19.7. The van der Waals surface area contributed by atoms with Gasteiger partial charge in [0.05, 0.1) is 44.7 Å². The molecular weight excluding hydrogens is 839 g/mol. The molecule has 4 nitrogen and oxygen atoms in total. The van der Waals surface area contributed by atoms with Gasteiger partial charge in [0.25, 0.3) is 0 Å². The van der Waals surface area contributed by atoms with E-state index in [9.17, 15) is 5.26 Å². The highest BCUT2D eigenvalue weighted by Gasteiger charge is 2.45. The minimum Gasteiger partial charge on any atom is -0.456 e. The predicted octanol–water partition coefficient (Wildman–Crippen LogP) is 18.0. The largest absolute Gasteiger partial charge is 0.456 e. The normalized spacial score (nSPS) is 23.8. The van der Waals surface area contributed by atoms with E-state index in [1.807, 2.05) is 0 Å². The van der Waals surface area contributed by atoms with Gasteiger partial charge in [0.2, 0.25) is 0 Å². The van der Waals surface area contributed by atoms with E-state index in [-0.39, 0.29) is 10.8 Å². The molecule has 0 aliphatic heterocycles. The molecular formula is C65H57N3O. The summed E-state index contributed by atoms with van der Waals surface area (Å²) in [5.74, 6) is 3.73. The number of aromatic nitrogens is 2. The van der Waals surface area contributed by atoms with E-state index in [1.165, 1.54) is 179 Å². The van der Waals surface area contributed by atoms with E-state index in [1.54, 1.807) is 16.7 Å². The van der Waals surface area contributed by atoms with Crippen LogP contribution >= 0.6 is 0 Å². The van der Waals surface area contributed by atoms with Crippen LogP contribution in [-0.4, -0.2) is 8.80 Å². The summed E-state index contributed by atoms with van der Waals surface area (Å²) in [6.07, 6.45) is 12.9. The molecule has 3 fully saturated rings. The van der Waals surface area contributed by atoms with Crippen molar-refractivity contribution >= 4 is 109 Å². The fourth-order valence-electron chi connectivity index (χ4n) is 17.2. The molecule has 0 amide bonds. The fraction of sp³-hybridized carbons (Fsp3) is 0.369. The summed E-state index contributed by atoms with van der Waals surface area (Å²) in [6, 6.07) is 34.1. The van der Waals surface area contributed by atoms with Crippen LogP contribution in [-0.2, 0) is 10.8 Å². The number of nitrogens with zero attached hydrogens (tertiary/aromatic N) is 3. The molecule has 0 N–H and O–H groups in total. The van der Waals surface area contributed by atoms with Gasteiger partial charge >= 0.3 is 0 Å². The highest BCUT2D eigenvalue weighted by molar-refractivity contribution is 6.38. The second kappa shape index (κ2) is 12.3. The van der Waals surface area contributed by atoms with Gasteiger partial charge in [-0.1, -0.05) is 84.4 Å². The summed E-state index contributed by atoms with van der Waals surface area (Å²) in [5.41, 5.74) is 19.9. The van der Waals surface area contributed by atoms with Crippen LogP contribution in [0.2, 0.25) is 0 Å². The zero-order chi connectivity index (χ0) is 45.9. The van der Waals surface area contributed by atoms with Crippen molar-refractivity contribution in [1.29, 1.82) is 5.26 Å². The number of para-hydroxylation sites is 1. The van der Waals surface area contributed by atoms with E-state index in [4.69, 9.17) is 4.42 Å². The molecule has 5 heterocycles. The Labute approximate surface area is 401 Å². The maximum atomic E-state index is 11.2. The quantitative estimate of drug-likeness (QED) is 0.152. The van der Waals surface area contributed by atoms with Gasteiger partial charge in [0.1, 0.15) is 11.2 Å². The molecule has 7 aliphatic carbocycles. The highest BCUT2D eigenvalue weighted by atomic mass is 16.3. The van der Waals surface area contributed by atoms with Crippen LogP contribution in [0.3, 0.4) is 0 Å². The van der Waals surface area contributed by atoms with Crippen LogP contribution in [0.1, 0.15) is 168 Å². The number of benzene rings is 7. The summed E-state index contributed by atoms with van der Waals surface area (Å²) in [4.78, 5) is 0. The maximum Gasteiger partial charge on any atom is 0.136 e. The summed E-state index contributed by atoms with van der Waals surface area (Å²) in [7, 11) is 0. The Morgan fingerprint density at radius 2 is 1.16 bits per heavy atom. The van der Waals surface area contributed by atoms with Gasteiger partial charge in [-0.25, -0.2) is 0 Å². The van der Waals surface area contributed by atoms with Crippen LogP contribution in [0.4, 0.5) is 0 Å². The number of rotatable bonds is 0. The van der Waals surface area contributed by atoms with Crippen molar-refractivity contribution in [3.05, 3.63) is 118 Å². The first-order valence-electron chi connectivity index (χ1n) is 26.6. The Kier molecular flexibility index (Phi) is 6.89. The molecule has 6 bridgehead atoms. The number of fused-ring (bicyclic) bond motifs is 21. The lowest BCUT2D eigenvalue weighted by molar-refractivity contribution is 0.166. The van der Waals surface area contributed by atoms with Crippen LogP contribution in [0.25, 0.3) is 109 Å². The first-order valence-corrected chi connectivity index (χ1v) is 26.6. The molecule has 19 rings (SSSR count). The minimum absolute atomic E-state index is 0.0120. The average Bonchev–Trinajstić information content (AvgIpc) is 4.02. The van der Waals surface area contributed by atoms with Gasteiger partial charge in [-0.2, -0.15) is 5.26 Å². The average molecular weight is 896 g/mol. The Morgan fingerprint density at radius 1 is 0.493 bits per heavy atom. The fourth-order valence-corrected chi connectivity index (χ4v) is 17.2. The molecule has 0 spiro atoms. The van der Waals surface area contributed by atoms with E-state index < -0.39 is 0 Å². The third-order valence-electron chi connectivity index (χ3n) is 19.7. The number of nitriles is 1. The smallest absolute Gasteiger partial charge is 0.136 e. The topological polar surface area (TPSA) is 45.8 Å². The Hall–Kier alpha value is -6.31. The number of furan rings is 1. The molecule has 7 aromatic carbocycles. The number of hydrogen-bond donors (Lipinski definition) is 0. The maximum absolute atomic E-state index is 11.2. The summed E-state index contributed by atoms with van der Waals surface area (Å²) in [6.45, 7) is 14.4. The van der Waals surface area contributed by atoms with Gasteiger partial charge < -0.3 is 13.2 Å². The first kappa shape index (κ1) is 38.5. The van der Waals surface area contributed by atoms with E-state index in [0.29, 0.717) is 23.7 Å². The lowest BCUT2D eigenvalue weighted by Crippen LogP contribution is -2.25. The lowest BCUT2D eigenvalue weighted by Gasteiger charge is -2.38. The zero-order valence-electron chi connectivity index (χ0n) is 40.8. The summed E-state index contributed by atoms with van der Waals surface area (Å²) < 4.78 is 12.3. The molecule has 5 aromatic heterocycles. The van der Waals surface area contributed by atoms with Crippen molar-refractivity contribution in [2.45, 2.75) is 140 Å². The molecule has 4 heteroatoms. The third kappa shape index (κ3) is 4.60. The van der Waals surface area contributed by atoms with Gasteiger partial charge in [0, 0.05) is 53.9 Å². The second-order valence-corrected chi connectivity index (χ2v) is 25.4. The van der Waals surface area contributed by atoms with Crippen molar-refractivity contribution < 1.29 is 4.42 Å². The molecule has 0 saturated heterocycles. The van der Waals surface area contributed by atoms with E-state index in [0.717, 1.165) is 28.6 Å². The molecule has 4 unspecified atom stereocenters. The van der Waals surface area contributed by atoms with Crippen LogP contribution in [0, 0.1) is 23.2 Å². The van der Waals surface area contributed by atoms with Crippen molar-refractivity contribution in [2.24, 2.45) is 11.8 Å². The standard InChI is InChI=1S/C65H57N3O/c1-64(2,3)39-16-17-40-35(23-39)24-43-42-26-48-44(27-47(42)67-49-25-38(30-66)53-36-19-31-18-32(20-36)22-37(21-31)56(53)61(49)59(40)62(43)67)60-58-41-12-7-8-13-51(41)69-52(58)28-45-57-50(68(48)63(45)60)29-46(65(4,5)6)54-33-10-9-11-34(15-14-33)55(54)57/h7-8,12-13,16-17,23-29,31-34,36-37H,9-11,14-15,18-22H2,1-6H3. The van der Waals surface area contributed by atoms with Crippen LogP contribution in [0.5, 0.6) is 0 Å². The molecule has 69 heavy (non-hydrogen) atoms. The number of hydrogen-bond acceptors (Lipinski definition) is 2. The van der Waals surface area contributed by atoms with Gasteiger partial charge in [0.15, 0.2) is 0 Å². The van der Waals surface area contributed by atoms with Crippen molar-refractivity contribution in [1.82, 2.24) is 8.80 Å². The summed E-state index contributed by atoms with van der Waals surface area (Å²) >= 11 is 0. The van der Waals surface area contributed by atoms with Gasteiger partial charge in [-0.3, -0.25) is 0 Å². The van der Waals surface area contributed by atoms with Crippen LogP contribution in [0.15, 0.2) is 83.3 Å². The molecule has 0 radical (unpaired) electrons. The van der Waals surface area contributed by atoms with Crippen molar-refractivity contribution in [3.63, 3.8) is 0 Å². The monoisotopic (exact) mass is 895 g/mol. The SMILES string of the molecule is CC(C)(C)c1ccc2c(c1)cc1c3cc4c(cc3n3c5cc(C#N)c6c(c5c2c13)C1CC2CC(CC6C2)C1)c1c2c(cc3c5c6c(c(C(C)(C)C)cc5n4c31)C1CCCC6CC1)oc1ccccc12. The second-order valence-electron chi connectivity index (χ2n) is 25.4. The van der Waals surface area contributed by atoms with E-state index in [2.05, 4.69) is 135 Å². The zero-order valence-corrected chi connectivity index (χ0v) is 40.8. The van der Waals surface area contributed by atoms with Crippen molar-refractivity contribution in [2.75, 3.05) is 0 Å². The lowest BCUT2D eigenvalue weighted by atomic mass is 9.67. The van der Waals surface area contributed by atoms with E-state index >= 15 is 0 Å². The minimum atomic E-state index is 0.0120. The molecule has 12 aromatic rings. The molecule has 338 valence electrons. The first-order chi connectivity index (χ1) is 33.4. The van der Waals surface area contributed by atoms with Crippen LogP contribution < -0.4 is 0 Å². The molecule has 3 saturated carbocycles. The highest BCUT2D eigenvalue weighted by Crippen LogP contribution is 2.61. The molecule has 7 aliphatic rings. The van der Waals surface area contributed by atoms with Gasteiger partial charge in [-0.05, 0) is 191 Å². The Bertz CT molecular complexity index is 4380. The predicted molar refractivity (Wildman–Crippen MR) is 287 cm³/mol.